The lowest BCUT2D eigenvalue weighted by Crippen LogP contribution is -1.88. The molecule has 0 amide bonds. The molecule has 0 unspecified atom stereocenters. The van der Waals surface area contributed by atoms with E-state index in [0.717, 1.165) is 16.3 Å². The van der Waals surface area contributed by atoms with Crippen molar-refractivity contribution in [2.45, 2.75) is 19.8 Å². The van der Waals surface area contributed by atoms with Gasteiger partial charge in [-0.25, -0.2) is 4.98 Å². The van der Waals surface area contributed by atoms with E-state index in [4.69, 9.17) is 28.9 Å². The first-order chi connectivity index (χ1) is 7.99. The Hall–Kier alpha value is -0.770. The van der Waals surface area contributed by atoms with Crippen LogP contribution in [-0.4, -0.2) is 4.98 Å². The van der Waals surface area contributed by atoms with E-state index < -0.39 is 0 Å². The molecule has 2 nitrogen and oxygen atoms in total. The maximum absolute atomic E-state index is 6.14. The predicted octanol–water partition coefficient (Wildman–Crippen LogP) is 4.82. The lowest BCUT2D eigenvalue weighted by Gasteiger charge is -2.02. The van der Waals surface area contributed by atoms with Gasteiger partial charge in [0.25, 0.3) is 0 Å². The molecule has 2 N–H and O–H groups in total. The third-order valence-corrected chi connectivity index (χ3v) is 4.10. The number of benzene rings is 1. The van der Waals surface area contributed by atoms with Crippen LogP contribution in [0.5, 0.6) is 0 Å². The highest BCUT2D eigenvalue weighted by Gasteiger charge is 2.15. The summed E-state index contributed by atoms with van der Waals surface area (Å²) in [6, 6.07) is 5.30. The van der Waals surface area contributed by atoms with Gasteiger partial charge in [-0.1, -0.05) is 37.0 Å². The van der Waals surface area contributed by atoms with E-state index in [1.807, 2.05) is 0 Å². The van der Waals surface area contributed by atoms with Gasteiger partial charge in [0.05, 0.1) is 10.0 Å². The summed E-state index contributed by atoms with van der Waals surface area (Å²) in [5, 5.41) is 2.93. The number of hydrogen-bond acceptors (Lipinski definition) is 3. The zero-order valence-corrected chi connectivity index (χ0v) is 11.8. The minimum atomic E-state index is 0.356. The van der Waals surface area contributed by atoms with Crippen LogP contribution in [-0.2, 0) is 0 Å². The molecule has 0 bridgehead atoms. The first-order valence-corrected chi connectivity index (χ1v) is 6.78. The summed E-state index contributed by atoms with van der Waals surface area (Å²) in [4.78, 5) is 4.53. The van der Waals surface area contributed by atoms with Gasteiger partial charge in [-0.3, -0.25) is 0 Å². The number of nitrogens with zero attached hydrogens (tertiary/aromatic N) is 1. The highest BCUT2D eigenvalue weighted by atomic mass is 35.5. The molecule has 0 aliphatic carbocycles. The largest absolute Gasteiger partial charge is 0.389 e. The first-order valence-electron chi connectivity index (χ1n) is 5.20. The fourth-order valence-corrected chi connectivity index (χ4v) is 2.70. The number of thiazole rings is 1. The van der Waals surface area contributed by atoms with Crippen molar-refractivity contribution >= 4 is 39.5 Å². The average Bonchev–Trinajstić information content (AvgIpc) is 2.64. The van der Waals surface area contributed by atoms with Gasteiger partial charge < -0.3 is 5.73 Å². The number of halogens is 2. The van der Waals surface area contributed by atoms with Crippen molar-refractivity contribution in [3.63, 3.8) is 0 Å². The maximum atomic E-state index is 6.14. The van der Waals surface area contributed by atoms with E-state index in [-0.39, 0.29) is 0 Å². The van der Waals surface area contributed by atoms with Crippen LogP contribution in [0.2, 0.25) is 10.0 Å². The van der Waals surface area contributed by atoms with Gasteiger partial charge in [0.1, 0.15) is 10.7 Å². The van der Waals surface area contributed by atoms with Crippen LogP contribution in [0.25, 0.3) is 11.3 Å². The second-order valence-electron chi connectivity index (χ2n) is 4.04. The maximum Gasteiger partial charge on any atom is 0.114 e. The predicted molar refractivity (Wildman–Crippen MR) is 76.1 cm³/mol. The average molecular weight is 287 g/mol. The van der Waals surface area contributed by atoms with Gasteiger partial charge in [-0.2, -0.15) is 0 Å². The van der Waals surface area contributed by atoms with Crippen LogP contribution in [0.3, 0.4) is 0 Å². The molecule has 1 aromatic heterocycles. The summed E-state index contributed by atoms with van der Waals surface area (Å²) in [5.74, 6) is 0.356. The highest BCUT2D eigenvalue weighted by molar-refractivity contribution is 7.16. The molecule has 0 atom stereocenters. The topological polar surface area (TPSA) is 38.9 Å². The monoisotopic (exact) mass is 286 g/mol. The van der Waals surface area contributed by atoms with Crippen molar-refractivity contribution in [2.75, 3.05) is 5.73 Å². The van der Waals surface area contributed by atoms with Gasteiger partial charge in [0.15, 0.2) is 0 Å². The molecule has 0 saturated heterocycles. The molecule has 17 heavy (non-hydrogen) atoms. The van der Waals surface area contributed by atoms with Crippen LogP contribution in [0.15, 0.2) is 18.2 Å². The summed E-state index contributed by atoms with van der Waals surface area (Å²) in [7, 11) is 0. The number of hydrogen-bond donors (Lipinski definition) is 1. The molecule has 0 aliphatic rings. The normalized spacial score (nSPS) is 11.1. The number of nitrogens with two attached hydrogens (primary N) is 1. The van der Waals surface area contributed by atoms with Crippen LogP contribution < -0.4 is 5.73 Å². The van der Waals surface area contributed by atoms with Crippen molar-refractivity contribution in [3.8, 4) is 11.3 Å². The van der Waals surface area contributed by atoms with E-state index in [2.05, 4.69) is 18.8 Å². The molecule has 0 fully saturated rings. The molecule has 1 aromatic carbocycles. The SMILES string of the molecule is CC(C)c1nc(-c2cc(Cl)ccc2Cl)c(N)s1. The number of aromatic nitrogens is 1. The quantitative estimate of drug-likeness (QED) is 0.859. The third kappa shape index (κ3) is 2.57. The van der Waals surface area contributed by atoms with E-state index in [9.17, 15) is 0 Å². The van der Waals surface area contributed by atoms with E-state index in [1.165, 1.54) is 11.3 Å². The van der Waals surface area contributed by atoms with Gasteiger partial charge >= 0.3 is 0 Å². The van der Waals surface area contributed by atoms with Gasteiger partial charge in [-0.05, 0) is 18.2 Å². The molecule has 2 aromatic rings. The van der Waals surface area contributed by atoms with Gasteiger partial charge in [-0.15, -0.1) is 11.3 Å². The van der Waals surface area contributed by atoms with Crippen molar-refractivity contribution in [3.05, 3.63) is 33.3 Å². The summed E-state index contributed by atoms with van der Waals surface area (Å²) in [5.41, 5.74) is 7.50. The second kappa shape index (κ2) is 4.84. The molecule has 90 valence electrons. The third-order valence-electron chi connectivity index (χ3n) is 2.35. The zero-order chi connectivity index (χ0) is 12.6. The summed E-state index contributed by atoms with van der Waals surface area (Å²) >= 11 is 13.6. The molecule has 0 aliphatic heterocycles. The minimum Gasteiger partial charge on any atom is -0.389 e. The Bertz CT molecular complexity index is 549. The number of nitrogen functional groups attached to an aromatic ring is 1. The number of rotatable bonds is 2. The van der Waals surface area contributed by atoms with Gasteiger partial charge in [0, 0.05) is 16.5 Å². The first kappa shape index (κ1) is 12.7. The second-order valence-corrected chi connectivity index (χ2v) is 5.95. The fraction of sp³-hybridized carbons (Fsp3) is 0.250. The van der Waals surface area contributed by atoms with E-state index >= 15 is 0 Å². The van der Waals surface area contributed by atoms with Crippen molar-refractivity contribution in [1.82, 2.24) is 4.98 Å². The van der Waals surface area contributed by atoms with Crippen LogP contribution >= 0.6 is 34.5 Å². The molecule has 0 spiro atoms. The van der Waals surface area contributed by atoms with Crippen molar-refractivity contribution in [2.24, 2.45) is 0 Å². The Morgan fingerprint density at radius 2 is 2.00 bits per heavy atom. The fourth-order valence-electron chi connectivity index (χ4n) is 1.47. The highest BCUT2D eigenvalue weighted by Crippen LogP contribution is 2.38. The summed E-state index contributed by atoms with van der Waals surface area (Å²) in [6.45, 7) is 4.17. The van der Waals surface area contributed by atoms with Crippen LogP contribution in [0, 0.1) is 0 Å². The lowest BCUT2D eigenvalue weighted by atomic mass is 10.1. The minimum absolute atomic E-state index is 0.356. The molecule has 1 heterocycles. The van der Waals surface area contributed by atoms with Crippen molar-refractivity contribution in [1.29, 1.82) is 0 Å². The number of anilines is 1. The molecule has 0 radical (unpaired) electrons. The Kier molecular flexibility index (Phi) is 3.61. The van der Waals surface area contributed by atoms with Crippen molar-refractivity contribution < 1.29 is 0 Å². The Morgan fingerprint density at radius 1 is 1.29 bits per heavy atom. The molecular formula is C12H12Cl2N2S. The Morgan fingerprint density at radius 3 is 2.59 bits per heavy atom. The molecular weight excluding hydrogens is 275 g/mol. The Labute approximate surface area is 114 Å². The smallest absolute Gasteiger partial charge is 0.114 e. The zero-order valence-electron chi connectivity index (χ0n) is 9.50. The van der Waals surface area contributed by atoms with Gasteiger partial charge in [0.2, 0.25) is 0 Å². The summed E-state index contributed by atoms with van der Waals surface area (Å²) < 4.78 is 0. The van der Waals surface area contributed by atoms with Crippen LogP contribution in [0.1, 0.15) is 24.8 Å². The van der Waals surface area contributed by atoms with Crippen LogP contribution in [0.4, 0.5) is 5.00 Å². The molecule has 0 saturated carbocycles. The van der Waals surface area contributed by atoms with E-state index in [0.29, 0.717) is 21.0 Å². The molecule has 5 heteroatoms. The standard InChI is InChI=1S/C12H12Cl2N2S/c1-6(2)12-16-10(11(15)17-12)8-5-7(13)3-4-9(8)14/h3-6H,15H2,1-2H3. The molecule has 2 rings (SSSR count). The summed E-state index contributed by atoms with van der Waals surface area (Å²) in [6.07, 6.45) is 0. The Balaban J connectivity index is 2.56. The van der Waals surface area contributed by atoms with E-state index in [1.54, 1.807) is 18.2 Å². The lowest BCUT2D eigenvalue weighted by molar-refractivity contribution is 0.854.